The molecule has 2 aliphatic rings. The lowest BCUT2D eigenvalue weighted by molar-refractivity contribution is 0.357. The van der Waals surface area contributed by atoms with Crippen LogP contribution in [-0.2, 0) is 16.4 Å². The number of aromatic nitrogens is 1. The monoisotopic (exact) mass is 358 g/mol. The number of ether oxygens (including phenoxy) is 1. The summed E-state index contributed by atoms with van der Waals surface area (Å²) < 4.78 is 32.5. The second-order valence-corrected chi connectivity index (χ2v) is 8.81. The van der Waals surface area contributed by atoms with Crippen LogP contribution >= 0.6 is 0 Å². The first kappa shape index (κ1) is 16.5. The molecular weight excluding hydrogens is 336 g/mol. The number of hydrogen-bond acceptors (Lipinski definition) is 4. The van der Waals surface area contributed by atoms with E-state index >= 15 is 0 Å². The number of pyridine rings is 1. The van der Waals surface area contributed by atoms with Crippen molar-refractivity contribution < 1.29 is 13.2 Å². The summed E-state index contributed by atoms with van der Waals surface area (Å²) in [5.41, 5.74) is 4.25. The van der Waals surface area contributed by atoms with Gasteiger partial charge in [-0.3, -0.25) is 4.98 Å². The Labute approximate surface area is 148 Å². The molecule has 1 aliphatic heterocycles. The molecule has 0 radical (unpaired) electrons. The SMILES string of the molecule is CCS(=O)(=O)NC(c1cncc(-c2ccc3c(c2)CCO3)c1)C1CC1. The van der Waals surface area contributed by atoms with Crippen LogP contribution in [-0.4, -0.2) is 25.8 Å². The summed E-state index contributed by atoms with van der Waals surface area (Å²) in [4.78, 5) is 4.38. The maximum absolute atomic E-state index is 12.1. The lowest BCUT2D eigenvalue weighted by atomic mass is 9.99. The van der Waals surface area contributed by atoms with Crippen molar-refractivity contribution in [2.45, 2.75) is 32.2 Å². The first-order chi connectivity index (χ1) is 12.1. The fourth-order valence-electron chi connectivity index (χ4n) is 3.29. The van der Waals surface area contributed by atoms with E-state index in [9.17, 15) is 8.42 Å². The highest BCUT2D eigenvalue weighted by Crippen LogP contribution is 2.42. The Kier molecular flexibility index (Phi) is 4.25. The molecule has 1 unspecified atom stereocenters. The van der Waals surface area contributed by atoms with Crippen LogP contribution in [0.2, 0.25) is 0 Å². The number of benzene rings is 1. The van der Waals surface area contributed by atoms with E-state index < -0.39 is 10.0 Å². The van der Waals surface area contributed by atoms with Crippen molar-refractivity contribution in [3.63, 3.8) is 0 Å². The number of sulfonamides is 1. The lowest BCUT2D eigenvalue weighted by Crippen LogP contribution is -2.31. The summed E-state index contributed by atoms with van der Waals surface area (Å²) in [5.74, 6) is 1.42. The first-order valence-corrected chi connectivity index (χ1v) is 10.4. The molecule has 6 heteroatoms. The molecular formula is C19H22N2O3S. The summed E-state index contributed by atoms with van der Waals surface area (Å²) in [5, 5.41) is 0. The molecule has 0 spiro atoms. The van der Waals surface area contributed by atoms with Crippen molar-refractivity contribution in [3.05, 3.63) is 47.8 Å². The molecule has 1 aromatic heterocycles. The second-order valence-electron chi connectivity index (χ2n) is 6.76. The fraction of sp³-hybridized carbons (Fsp3) is 0.421. The molecule has 1 aliphatic carbocycles. The number of fused-ring (bicyclic) bond motifs is 1. The predicted octanol–water partition coefficient (Wildman–Crippen LogP) is 3.07. The Balaban J connectivity index is 1.66. The highest BCUT2D eigenvalue weighted by Gasteiger charge is 2.35. The topological polar surface area (TPSA) is 68.3 Å². The van der Waals surface area contributed by atoms with Gasteiger partial charge in [0.15, 0.2) is 0 Å². The van der Waals surface area contributed by atoms with Gasteiger partial charge in [-0.2, -0.15) is 0 Å². The molecule has 132 valence electrons. The third-order valence-corrected chi connectivity index (χ3v) is 6.29. The van der Waals surface area contributed by atoms with Crippen LogP contribution in [0.5, 0.6) is 5.75 Å². The van der Waals surface area contributed by atoms with Crippen molar-refractivity contribution in [2.24, 2.45) is 5.92 Å². The second kappa shape index (κ2) is 6.42. The molecule has 0 amide bonds. The Hall–Kier alpha value is -1.92. The zero-order valence-electron chi connectivity index (χ0n) is 14.2. The number of nitrogens with one attached hydrogen (secondary N) is 1. The van der Waals surface area contributed by atoms with Gasteiger partial charge in [-0.05, 0) is 60.6 Å². The minimum Gasteiger partial charge on any atom is -0.493 e. The smallest absolute Gasteiger partial charge is 0.211 e. The molecule has 5 nitrogen and oxygen atoms in total. The normalized spacial score (nSPS) is 17.8. The van der Waals surface area contributed by atoms with Crippen LogP contribution in [0.1, 0.15) is 36.9 Å². The zero-order chi connectivity index (χ0) is 17.4. The van der Waals surface area contributed by atoms with Crippen LogP contribution in [0, 0.1) is 5.92 Å². The summed E-state index contributed by atoms with van der Waals surface area (Å²) in [6, 6.07) is 8.06. The average Bonchev–Trinajstić information content (AvgIpc) is 3.36. The van der Waals surface area contributed by atoms with Gasteiger partial charge in [0.2, 0.25) is 10.0 Å². The Morgan fingerprint density at radius 1 is 1.24 bits per heavy atom. The fourth-order valence-corrected chi connectivity index (χ4v) is 4.18. The van der Waals surface area contributed by atoms with Gasteiger partial charge in [-0.25, -0.2) is 13.1 Å². The van der Waals surface area contributed by atoms with Crippen molar-refractivity contribution in [3.8, 4) is 16.9 Å². The first-order valence-electron chi connectivity index (χ1n) is 8.77. The minimum atomic E-state index is -3.25. The summed E-state index contributed by atoms with van der Waals surface area (Å²) in [6.45, 7) is 2.40. The molecule has 25 heavy (non-hydrogen) atoms. The minimum absolute atomic E-state index is 0.0914. The van der Waals surface area contributed by atoms with Crippen LogP contribution < -0.4 is 9.46 Å². The van der Waals surface area contributed by atoms with Gasteiger partial charge in [0.05, 0.1) is 18.4 Å². The Bertz CT molecular complexity index is 891. The molecule has 1 atom stereocenters. The van der Waals surface area contributed by atoms with Gasteiger partial charge in [-0.15, -0.1) is 0 Å². The van der Waals surface area contributed by atoms with E-state index in [-0.39, 0.29) is 11.8 Å². The van der Waals surface area contributed by atoms with E-state index in [1.807, 2.05) is 18.3 Å². The van der Waals surface area contributed by atoms with Crippen LogP contribution in [0.15, 0.2) is 36.7 Å². The highest BCUT2D eigenvalue weighted by atomic mass is 32.2. The van der Waals surface area contributed by atoms with Gasteiger partial charge in [0.1, 0.15) is 5.75 Å². The van der Waals surface area contributed by atoms with E-state index in [1.54, 1.807) is 13.1 Å². The maximum Gasteiger partial charge on any atom is 0.211 e. The molecule has 0 saturated heterocycles. The Morgan fingerprint density at radius 2 is 2.08 bits per heavy atom. The summed E-state index contributed by atoms with van der Waals surface area (Å²) in [7, 11) is -3.25. The average molecular weight is 358 g/mol. The van der Waals surface area contributed by atoms with Gasteiger partial charge < -0.3 is 4.74 Å². The molecule has 1 fully saturated rings. The van der Waals surface area contributed by atoms with Gasteiger partial charge >= 0.3 is 0 Å². The molecule has 1 N–H and O–H groups in total. The van der Waals surface area contributed by atoms with E-state index in [0.717, 1.165) is 48.3 Å². The third-order valence-electron chi connectivity index (χ3n) is 4.92. The summed E-state index contributed by atoms with van der Waals surface area (Å²) >= 11 is 0. The Morgan fingerprint density at radius 3 is 2.84 bits per heavy atom. The van der Waals surface area contributed by atoms with Crippen LogP contribution in [0.25, 0.3) is 11.1 Å². The van der Waals surface area contributed by atoms with Crippen molar-refractivity contribution >= 4 is 10.0 Å². The third kappa shape index (κ3) is 3.55. The molecule has 2 heterocycles. The number of nitrogens with zero attached hydrogens (tertiary/aromatic N) is 1. The van der Waals surface area contributed by atoms with E-state index in [2.05, 4.69) is 21.8 Å². The molecule has 0 bridgehead atoms. The molecule has 1 saturated carbocycles. The van der Waals surface area contributed by atoms with E-state index in [1.165, 1.54) is 5.56 Å². The quantitative estimate of drug-likeness (QED) is 0.862. The predicted molar refractivity (Wildman–Crippen MR) is 96.9 cm³/mol. The summed E-state index contributed by atoms with van der Waals surface area (Å²) in [6.07, 6.45) is 6.65. The van der Waals surface area contributed by atoms with Gasteiger partial charge in [0.25, 0.3) is 0 Å². The zero-order valence-corrected chi connectivity index (χ0v) is 15.1. The lowest BCUT2D eigenvalue weighted by Gasteiger charge is -2.19. The van der Waals surface area contributed by atoms with Gasteiger partial charge in [-0.1, -0.05) is 6.07 Å². The largest absolute Gasteiger partial charge is 0.493 e. The van der Waals surface area contributed by atoms with Crippen LogP contribution in [0.4, 0.5) is 0 Å². The maximum atomic E-state index is 12.1. The molecule has 2 aromatic rings. The van der Waals surface area contributed by atoms with Crippen molar-refractivity contribution in [2.75, 3.05) is 12.4 Å². The van der Waals surface area contributed by atoms with Crippen molar-refractivity contribution in [1.29, 1.82) is 0 Å². The molecule has 4 rings (SSSR count). The van der Waals surface area contributed by atoms with E-state index in [4.69, 9.17) is 4.74 Å². The van der Waals surface area contributed by atoms with Gasteiger partial charge in [0, 0.05) is 24.4 Å². The van der Waals surface area contributed by atoms with E-state index in [0.29, 0.717) is 5.92 Å². The van der Waals surface area contributed by atoms with Crippen LogP contribution in [0.3, 0.4) is 0 Å². The van der Waals surface area contributed by atoms with Crippen molar-refractivity contribution in [1.82, 2.24) is 9.71 Å². The number of hydrogen-bond donors (Lipinski definition) is 1. The number of rotatable bonds is 6. The standard InChI is InChI=1S/C19H22N2O3S/c1-2-25(22,23)21-19(13-3-4-13)17-10-16(11-20-12-17)14-5-6-18-15(9-14)7-8-24-18/h5-6,9-13,19,21H,2-4,7-8H2,1H3. The highest BCUT2D eigenvalue weighted by molar-refractivity contribution is 7.89. The molecule has 1 aromatic carbocycles.